The van der Waals surface area contributed by atoms with Crippen molar-refractivity contribution in [3.8, 4) is 0 Å². The maximum atomic E-state index is 10.3. The molecule has 0 spiro atoms. The van der Waals surface area contributed by atoms with Crippen molar-refractivity contribution in [2.24, 2.45) is 0 Å². The highest BCUT2D eigenvalue weighted by atomic mass is 28.4. The molecule has 1 saturated heterocycles. The molecule has 3 rings (SSSR count). The standard InChI is InChI=1S/C27H40O4Si/c1-5-6-9-18-24-26(19-25(30-24)23(29)20-28)31-32(27(2,3)4,21-14-10-7-11-15-21)22-16-12-8-13-17-22/h7-8,10-17,23-26,28-29H,5-6,9,18-20H2,1-4H3/t23-,24-,25+,26-/m0/s1. The topological polar surface area (TPSA) is 58.9 Å². The highest BCUT2D eigenvalue weighted by molar-refractivity contribution is 6.99. The molecule has 5 heteroatoms. The summed E-state index contributed by atoms with van der Waals surface area (Å²) in [4.78, 5) is 0. The van der Waals surface area contributed by atoms with E-state index < -0.39 is 20.5 Å². The van der Waals surface area contributed by atoms with E-state index in [-0.39, 0.29) is 23.9 Å². The molecule has 0 radical (unpaired) electrons. The van der Waals surface area contributed by atoms with Gasteiger partial charge in [-0.15, -0.1) is 0 Å². The molecular weight excluding hydrogens is 416 g/mol. The van der Waals surface area contributed by atoms with Crippen LogP contribution in [0.2, 0.25) is 5.04 Å². The Balaban J connectivity index is 2.04. The minimum Gasteiger partial charge on any atom is -0.402 e. The molecule has 0 bridgehead atoms. The van der Waals surface area contributed by atoms with E-state index >= 15 is 0 Å². The van der Waals surface area contributed by atoms with Gasteiger partial charge in [-0.25, -0.2) is 0 Å². The van der Waals surface area contributed by atoms with Gasteiger partial charge in [0.15, 0.2) is 0 Å². The van der Waals surface area contributed by atoms with Crippen LogP contribution in [0.5, 0.6) is 0 Å². The molecule has 1 fully saturated rings. The fourth-order valence-corrected chi connectivity index (χ4v) is 9.72. The molecule has 32 heavy (non-hydrogen) atoms. The summed E-state index contributed by atoms with van der Waals surface area (Å²) < 4.78 is 13.6. The first-order chi connectivity index (χ1) is 15.3. The lowest BCUT2D eigenvalue weighted by atomic mass is 10.0. The number of hydrogen-bond acceptors (Lipinski definition) is 4. The van der Waals surface area contributed by atoms with E-state index in [1.54, 1.807) is 0 Å². The van der Waals surface area contributed by atoms with Crippen LogP contribution in [0, 0.1) is 0 Å². The first-order valence-corrected chi connectivity index (χ1v) is 14.0. The minimum absolute atomic E-state index is 0.0746. The first-order valence-electron chi connectivity index (χ1n) is 12.1. The molecule has 0 aliphatic carbocycles. The Morgan fingerprint density at radius 1 is 1.00 bits per heavy atom. The lowest BCUT2D eigenvalue weighted by molar-refractivity contribution is -0.0615. The average Bonchev–Trinajstić information content (AvgIpc) is 3.20. The molecule has 4 atom stereocenters. The first kappa shape index (κ1) is 25.1. The smallest absolute Gasteiger partial charge is 0.261 e. The molecule has 2 aromatic carbocycles. The third kappa shape index (κ3) is 5.34. The maximum Gasteiger partial charge on any atom is 0.261 e. The van der Waals surface area contributed by atoms with E-state index in [0.717, 1.165) is 25.7 Å². The molecule has 0 unspecified atom stereocenters. The zero-order chi connectivity index (χ0) is 23.2. The molecule has 176 valence electrons. The van der Waals surface area contributed by atoms with Crippen LogP contribution in [0.15, 0.2) is 60.7 Å². The van der Waals surface area contributed by atoms with E-state index in [2.05, 4.69) is 88.4 Å². The van der Waals surface area contributed by atoms with Crippen LogP contribution in [0.25, 0.3) is 0 Å². The Labute approximate surface area is 194 Å². The normalized spacial score (nSPS) is 22.8. The Bertz CT molecular complexity index is 766. The van der Waals surface area contributed by atoms with Gasteiger partial charge >= 0.3 is 0 Å². The van der Waals surface area contributed by atoms with E-state index in [1.807, 2.05) is 0 Å². The third-order valence-electron chi connectivity index (χ3n) is 6.68. The van der Waals surface area contributed by atoms with Gasteiger partial charge in [-0.05, 0) is 21.8 Å². The van der Waals surface area contributed by atoms with Gasteiger partial charge in [0, 0.05) is 6.42 Å². The molecule has 1 aliphatic rings. The Hall–Kier alpha value is -1.50. The summed E-state index contributed by atoms with van der Waals surface area (Å²) in [6.45, 7) is 8.74. The summed E-state index contributed by atoms with van der Waals surface area (Å²) in [5.41, 5.74) is 0. The van der Waals surface area contributed by atoms with Gasteiger partial charge in [0.25, 0.3) is 8.32 Å². The molecule has 0 saturated carbocycles. The zero-order valence-electron chi connectivity index (χ0n) is 20.0. The third-order valence-corrected chi connectivity index (χ3v) is 11.7. The van der Waals surface area contributed by atoms with Crippen molar-refractivity contribution < 1.29 is 19.4 Å². The van der Waals surface area contributed by atoms with Gasteiger partial charge < -0.3 is 19.4 Å². The lowest BCUT2D eigenvalue weighted by Crippen LogP contribution is -2.68. The fraction of sp³-hybridized carbons (Fsp3) is 0.556. The van der Waals surface area contributed by atoms with Crippen LogP contribution in [0.3, 0.4) is 0 Å². The van der Waals surface area contributed by atoms with Crippen molar-refractivity contribution in [3.05, 3.63) is 60.7 Å². The molecule has 0 amide bonds. The molecule has 2 aromatic rings. The van der Waals surface area contributed by atoms with E-state index in [4.69, 9.17) is 9.16 Å². The van der Waals surface area contributed by atoms with Crippen molar-refractivity contribution in [1.29, 1.82) is 0 Å². The van der Waals surface area contributed by atoms with E-state index in [0.29, 0.717) is 6.42 Å². The van der Waals surface area contributed by atoms with Gasteiger partial charge in [-0.1, -0.05) is 108 Å². The quantitative estimate of drug-likeness (QED) is 0.419. The van der Waals surface area contributed by atoms with Crippen molar-refractivity contribution in [2.45, 2.75) is 89.3 Å². The molecule has 0 aromatic heterocycles. The Kier molecular flexibility index (Phi) is 8.70. The van der Waals surface area contributed by atoms with Gasteiger partial charge in [0.2, 0.25) is 0 Å². The summed E-state index contributed by atoms with van der Waals surface area (Å²) in [7, 11) is -2.70. The second-order valence-electron chi connectivity index (χ2n) is 10.0. The molecule has 2 N–H and O–H groups in total. The second kappa shape index (κ2) is 11.1. The molecule has 1 aliphatic heterocycles. The minimum atomic E-state index is -2.70. The summed E-state index contributed by atoms with van der Waals surface area (Å²) in [6.07, 6.45) is 3.41. The van der Waals surface area contributed by atoms with Crippen LogP contribution >= 0.6 is 0 Å². The van der Waals surface area contributed by atoms with Crippen molar-refractivity contribution in [2.75, 3.05) is 6.61 Å². The molecule has 4 nitrogen and oxygen atoms in total. The maximum absolute atomic E-state index is 10.3. The number of aliphatic hydroxyl groups excluding tert-OH is 2. The van der Waals surface area contributed by atoms with Crippen LogP contribution in [0.4, 0.5) is 0 Å². The van der Waals surface area contributed by atoms with Crippen molar-refractivity contribution >= 4 is 18.7 Å². The largest absolute Gasteiger partial charge is 0.402 e. The lowest BCUT2D eigenvalue weighted by Gasteiger charge is -2.45. The Morgan fingerprint density at radius 2 is 1.56 bits per heavy atom. The number of ether oxygens (including phenoxy) is 1. The van der Waals surface area contributed by atoms with Gasteiger partial charge in [-0.3, -0.25) is 0 Å². The van der Waals surface area contributed by atoms with Crippen LogP contribution < -0.4 is 10.4 Å². The van der Waals surface area contributed by atoms with Gasteiger partial charge in [-0.2, -0.15) is 0 Å². The highest BCUT2D eigenvalue weighted by Crippen LogP contribution is 2.40. The predicted molar refractivity (Wildman–Crippen MR) is 133 cm³/mol. The second-order valence-corrected chi connectivity index (χ2v) is 14.3. The average molecular weight is 457 g/mol. The van der Waals surface area contributed by atoms with E-state index in [1.165, 1.54) is 10.4 Å². The van der Waals surface area contributed by atoms with Crippen LogP contribution in [0.1, 0.15) is 59.8 Å². The highest BCUT2D eigenvalue weighted by Gasteiger charge is 2.53. The summed E-state index contributed by atoms with van der Waals surface area (Å²) in [5.74, 6) is 0. The summed E-state index contributed by atoms with van der Waals surface area (Å²) in [5, 5.41) is 22.3. The van der Waals surface area contributed by atoms with Gasteiger partial charge in [0.05, 0.1) is 24.9 Å². The van der Waals surface area contributed by atoms with Crippen molar-refractivity contribution in [3.63, 3.8) is 0 Å². The summed E-state index contributed by atoms with van der Waals surface area (Å²) in [6, 6.07) is 21.3. The monoisotopic (exact) mass is 456 g/mol. The summed E-state index contributed by atoms with van der Waals surface area (Å²) >= 11 is 0. The van der Waals surface area contributed by atoms with Crippen LogP contribution in [-0.2, 0) is 9.16 Å². The number of unbranched alkanes of at least 4 members (excludes halogenated alkanes) is 2. The SMILES string of the molecule is CCCCC[C@@H]1O[C@@H]([C@@H](O)CO)C[C@@H]1O[Si](c1ccccc1)(c1ccccc1)C(C)(C)C. The zero-order valence-corrected chi connectivity index (χ0v) is 21.0. The number of hydrogen-bond donors (Lipinski definition) is 2. The predicted octanol–water partition coefficient (Wildman–Crippen LogP) is 4.02. The van der Waals surface area contributed by atoms with E-state index in [9.17, 15) is 10.2 Å². The molecular formula is C27H40O4Si. The van der Waals surface area contributed by atoms with Gasteiger partial charge in [0.1, 0.15) is 6.10 Å². The molecule has 1 heterocycles. The number of aliphatic hydroxyl groups is 2. The fourth-order valence-electron chi connectivity index (χ4n) is 5.01. The van der Waals surface area contributed by atoms with Crippen LogP contribution in [-0.4, -0.2) is 49.6 Å². The van der Waals surface area contributed by atoms with Crippen molar-refractivity contribution in [1.82, 2.24) is 0 Å². The Morgan fingerprint density at radius 3 is 2.03 bits per heavy atom. The number of rotatable bonds is 10. The number of benzene rings is 2.